The van der Waals surface area contributed by atoms with Crippen molar-refractivity contribution in [3.8, 4) is 11.8 Å². The molecule has 4 aromatic rings. The van der Waals surface area contributed by atoms with Crippen molar-refractivity contribution >= 4 is 44.5 Å². The summed E-state index contributed by atoms with van der Waals surface area (Å²) in [6.45, 7) is 4.63. The molecule has 4 rings (SSSR count). The topological polar surface area (TPSA) is 67.0 Å². The first-order chi connectivity index (χ1) is 16.4. The quantitative estimate of drug-likeness (QED) is 0.232. The number of aromatic nitrogens is 1. The van der Waals surface area contributed by atoms with Gasteiger partial charge in [0.2, 0.25) is 0 Å². The highest BCUT2D eigenvalue weighted by atomic mass is 79.9. The minimum atomic E-state index is -0.476. The van der Waals surface area contributed by atoms with E-state index >= 15 is 0 Å². The first kappa shape index (κ1) is 23.3. The van der Waals surface area contributed by atoms with Crippen LogP contribution in [0.4, 0.5) is 5.69 Å². The van der Waals surface area contributed by atoms with Gasteiger partial charge in [0, 0.05) is 33.2 Å². The average molecular weight is 514 g/mol. The summed E-state index contributed by atoms with van der Waals surface area (Å²) < 4.78 is 8.59. The lowest BCUT2D eigenvalue weighted by molar-refractivity contribution is -0.112. The lowest BCUT2D eigenvalue weighted by Crippen LogP contribution is -2.14. The molecule has 0 aliphatic carbocycles. The first-order valence-corrected chi connectivity index (χ1v) is 11.6. The third kappa shape index (κ3) is 4.75. The standard InChI is InChI=1S/C28H24BrN3O2/c1-18-8-13-27(34-3)25(14-18)31-28(33)21(16-30)15-24-19(2)32(26-7-5-4-6-23(24)26)17-20-9-11-22(29)12-10-20/h4-15H,17H2,1-3H3,(H,31,33)/b21-15+. The van der Waals surface area contributed by atoms with E-state index in [-0.39, 0.29) is 5.57 Å². The van der Waals surface area contributed by atoms with Crippen LogP contribution in [0.5, 0.6) is 5.75 Å². The number of benzene rings is 3. The maximum atomic E-state index is 13.0. The van der Waals surface area contributed by atoms with Gasteiger partial charge >= 0.3 is 0 Å². The molecule has 0 unspecified atom stereocenters. The molecule has 34 heavy (non-hydrogen) atoms. The second-order valence-electron chi connectivity index (χ2n) is 8.06. The molecule has 3 aromatic carbocycles. The zero-order chi connectivity index (χ0) is 24.2. The number of ether oxygens (including phenoxy) is 1. The summed E-state index contributed by atoms with van der Waals surface area (Å²) in [5, 5.41) is 13.6. The van der Waals surface area contributed by atoms with Gasteiger partial charge in [-0.15, -0.1) is 0 Å². The van der Waals surface area contributed by atoms with Crippen molar-refractivity contribution in [3.05, 3.63) is 99.2 Å². The smallest absolute Gasteiger partial charge is 0.266 e. The largest absolute Gasteiger partial charge is 0.495 e. The third-order valence-corrected chi connectivity index (χ3v) is 6.32. The number of para-hydroxylation sites is 1. The van der Waals surface area contributed by atoms with Crippen molar-refractivity contribution in [1.29, 1.82) is 5.26 Å². The Morgan fingerprint density at radius 3 is 2.56 bits per heavy atom. The molecule has 1 N–H and O–H groups in total. The van der Waals surface area contributed by atoms with Crippen molar-refractivity contribution in [2.24, 2.45) is 0 Å². The Morgan fingerprint density at radius 2 is 1.85 bits per heavy atom. The summed E-state index contributed by atoms with van der Waals surface area (Å²) in [4.78, 5) is 13.0. The fraction of sp³-hybridized carbons (Fsp3) is 0.143. The van der Waals surface area contributed by atoms with Crippen molar-refractivity contribution in [1.82, 2.24) is 4.57 Å². The maximum absolute atomic E-state index is 13.0. The second kappa shape index (κ2) is 9.98. The summed E-state index contributed by atoms with van der Waals surface area (Å²) in [5.74, 6) is 0.0639. The number of anilines is 1. The van der Waals surface area contributed by atoms with Gasteiger partial charge < -0.3 is 14.6 Å². The number of nitriles is 1. The van der Waals surface area contributed by atoms with Crippen molar-refractivity contribution < 1.29 is 9.53 Å². The Labute approximate surface area is 207 Å². The Kier molecular flexibility index (Phi) is 6.85. The van der Waals surface area contributed by atoms with Gasteiger partial charge in [-0.3, -0.25) is 4.79 Å². The predicted octanol–water partition coefficient (Wildman–Crippen LogP) is 6.62. The van der Waals surface area contributed by atoms with Gasteiger partial charge in [-0.05, 0) is 61.4 Å². The summed E-state index contributed by atoms with van der Waals surface area (Å²) in [6.07, 6.45) is 1.67. The summed E-state index contributed by atoms with van der Waals surface area (Å²) in [6, 6.07) is 23.8. The minimum absolute atomic E-state index is 0.0261. The molecule has 0 bridgehead atoms. The number of fused-ring (bicyclic) bond motifs is 1. The van der Waals surface area contributed by atoms with Crippen LogP contribution in [0, 0.1) is 25.2 Å². The van der Waals surface area contributed by atoms with Crippen LogP contribution in [0.15, 0.2) is 76.8 Å². The van der Waals surface area contributed by atoms with Crippen LogP contribution in [-0.2, 0) is 11.3 Å². The number of rotatable bonds is 6. The van der Waals surface area contributed by atoms with E-state index in [2.05, 4.69) is 50.1 Å². The van der Waals surface area contributed by atoms with Crippen LogP contribution in [0.25, 0.3) is 17.0 Å². The molecular formula is C28H24BrN3O2. The average Bonchev–Trinajstić information content (AvgIpc) is 3.09. The Bertz CT molecular complexity index is 1440. The van der Waals surface area contributed by atoms with Crippen LogP contribution >= 0.6 is 15.9 Å². The van der Waals surface area contributed by atoms with Crippen molar-refractivity contribution in [2.75, 3.05) is 12.4 Å². The van der Waals surface area contributed by atoms with Gasteiger partial charge in [0.1, 0.15) is 17.4 Å². The number of aryl methyl sites for hydroxylation is 1. The highest BCUT2D eigenvalue weighted by Crippen LogP contribution is 2.30. The van der Waals surface area contributed by atoms with Crippen LogP contribution in [0.1, 0.15) is 22.4 Å². The van der Waals surface area contributed by atoms with Gasteiger partial charge in [-0.1, -0.05) is 52.3 Å². The second-order valence-corrected chi connectivity index (χ2v) is 8.97. The number of methoxy groups -OCH3 is 1. The number of amides is 1. The van der Waals surface area contributed by atoms with Crippen molar-refractivity contribution in [2.45, 2.75) is 20.4 Å². The van der Waals surface area contributed by atoms with E-state index in [1.54, 1.807) is 19.3 Å². The molecule has 1 amide bonds. The third-order valence-electron chi connectivity index (χ3n) is 5.79. The molecular weight excluding hydrogens is 490 g/mol. The number of carbonyl (C=O) groups excluding carboxylic acids is 1. The fourth-order valence-corrected chi connectivity index (χ4v) is 4.28. The van der Waals surface area contributed by atoms with Gasteiger partial charge in [0.15, 0.2) is 0 Å². The molecule has 1 heterocycles. The van der Waals surface area contributed by atoms with E-state index in [1.807, 2.05) is 56.3 Å². The molecule has 0 atom stereocenters. The first-order valence-electron chi connectivity index (χ1n) is 10.8. The van der Waals surface area contributed by atoms with E-state index in [4.69, 9.17) is 4.74 Å². The Hall–Kier alpha value is -3.82. The van der Waals surface area contributed by atoms with Crippen LogP contribution < -0.4 is 10.1 Å². The number of hydrogen-bond acceptors (Lipinski definition) is 3. The Morgan fingerprint density at radius 1 is 1.12 bits per heavy atom. The highest BCUT2D eigenvalue weighted by Gasteiger charge is 2.17. The predicted molar refractivity (Wildman–Crippen MR) is 140 cm³/mol. The molecule has 0 aliphatic heterocycles. The monoisotopic (exact) mass is 513 g/mol. The molecule has 0 saturated carbocycles. The SMILES string of the molecule is COc1ccc(C)cc1NC(=O)/C(C#N)=C/c1c(C)n(Cc2ccc(Br)cc2)c2ccccc12. The minimum Gasteiger partial charge on any atom is -0.495 e. The summed E-state index contributed by atoms with van der Waals surface area (Å²) in [5.41, 5.74) is 5.58. The zero-order valence-electron chi connectivity index (χ0n) is 19.2. The summed E-state index contributed by atoms with van der Waals surface area (Å²) >= 11 is 3.48. The number of nitrogens with one attached hydrogen (secondary N) is 1. The van der Waals surface area contributed by atoms with Gasteiger partial charge in [0.05, 0.1) is 12.8 Å². The molecule has 5 nitrogen and oxygen atoms in total. The number of nitrogens with zero attached hydrogens (tertiary/aromatic N) is 2. The van der Waals surface area contributed by atoms with E-state index in [0.29, 0.717) is 18.0 Å². The normalized spacial score (nSPS) is 11.3. The number of halogens is 1. The van der Waals surface area contributed by atoms with E-state index in [0.717, 1.165) is 37.8 Å². The number of carbonyl (C=O) groups is 1. The molecule has 0 fully saturated rings. The highest BCUT2D eigenvalue weighted by molar-refractivity contribution is 9.10. The molecule has 0 spiro atoms. The van der Waals surface area contributed by atoms with Gasteiger partial charge in [-0.2, -0.15) is 5.26 Å². The lowest BCUT2D eigenvalue weighted by atomic mass is 10.1. The molecule has 170 valence electrons. The van der Waals surface area contributed by atoms with Crippen molar-refractivity contribution in [3.63, 3.8) is 0 Å². The molecule has 0 radical (unpaired) electrons. The fourth-order valence-electron chi connectivity index (χ4n) is 4.02. The van der Waals surface area contributed by atoms with E-state index in [1.165, 1.54) is 0 Å². The summed E-state index contributed by atoms with van der Waals surface area (Å²) in [7, 11) is 1.55. The maximum Gasteiger partial charge on any atom is 0.266 e. The van der Waals surface area contributed by atoms with Gasteiger partial charge in [-0.25, -0.2) is 0 Å². The van der Waals surface area contributed by atoms with Crippen LogP contribution in [0.3, 0.4) is 0 Å². The lowest BCUT2D eigenvalue weighted by Gasteiger charge is -2.11. The van der Waals surface area contributed by atoms with E-state index in [9.17, 15) is 10.1 Å². The van der Waals surface area contributed by atoms with Gasteiger partial charge in [0.25, 0.3) is 5.91 Å². The van der Waals surface area contributed by atoms with Crippen LogP contribution in [0.2, 0.25) is 0 Å². The molecule has 1 aromatic heterocycles. The molecule has 0 aliphatic rings. The Balaban J connectivity index is 1.74. The van der Waals surface area contributed by atoms with E-state index < -0.39 is 5.91 Å². The molecule has 6 heteroatoms. The number of hydrogen-bond donors (Lipinski definition) is 1. The van der Waals surface area contributed by atoms with Crippen LogP contribution in [-0.4, -0.2) is 17.6 Å². The molecule has 0 saturated heterocycles. The zero-order valence-corrected chi connectivity index (χ0v) is 20.8.